The molecule has 0 saturated carbocycles. The summed E-state index contributed by atoms with van der Waals surface area (Å²) in [6.45, 7) is 2.69. The molecule has 1 aliphatic heterocycles. The van der Waals surface area contributed by atoms with Crippen LogP contribution in [0.1, 0.15) is 23.7 Å². The fourth-order valence-electron chi connectivity index (χ4n) is 2.06. The van der Waals surface area contributed by atoms with E-state index in [1.165, 1.54) is 17.2 Å². The number of amides is 1. The molecule has 0 bridgehead atoms. The van der Waals surface area contributed by atoms with Crippen LogP contribution < -0.4 is 5.32 Å². The molecule has 2 rings (SSSR count). The lowest BCUT2D eigenvalue weighted by atomic mass is 10.2. The second kappa shape index (κ2) is 6.38. The third-order valence-corrected chi connectivity index (χ3v) is 4.90. The van der Waals surface area contributed by atoms with Crippen molar-refractivity contribution in [2.45, 2.75) is 13.3 Å². The molecule has 1 N–H and O–H groups in total. The molecule has 8 heteroatoms. The molecule has 0 atom stereocenters. The van der Waals surface area contributed by atoms with Gasteiger partial charge in [-0.25, -0.2) is 17.8 Å². The van der Waals surface area contributed by atoms with Crippen LogP contribution in [0.4, 0.5) is 10.2 Å². The van der Waals surface area contributed by atoms with Gasteiger partial charge in [0.15, 0.2) is 21.5 Å². The average molecular weight is 315 g/mol. The smallest absolute Gasteiger partial charge is 0.257 e. The summed E-state index contributed by atoms with van der Waals surface area (Å²) in [7, 11) is -3.07. The van der Waals surface area contributed by atoms with Gasteiger partial charge in [0, 0.05) is 25.8 Å². The van der Waals surface area contributed by atoms with Gasteiger partial charge in [0.2, 0.25) is 0 Å². The Morgan fingerprint density at radius 1 is 1.43 bits per heavy atom. The Balaban J connectivity index is 2.16. The first kappa shape index (κ1) is 15.7. The molecule has 2 heterocycles. The maximum atomic E-state index is 14.3. The van der Waals surface area contributed by atoms with Crippen molar-refractivity contribution >= 4 is 21.6 Å². The zero-order valence-corrected chi connectivity index (χ0v) is 12.6. The second-order valence-electron chi connectivity index (χ2n) is 4.89. The van der Waals surface area contributed by atoms with E-state index in [9.17, 15) is 17.6 Å². The Kier molecular flexibility index (Phi) is 4.76. The summed E-state index contributed by atoms with van der Waals surface area (Å²) in [6, 6.07) is 1.32. The number of carbonyl (C=O) groups excluding carboxylic acids is 1. The Labute approximate surface area is 123 Å². The lowest BCUT2D eigenvalue weighted by Gasteiger charge is -2.27. The number of nitrogens with zero attached hydrogens (tertiary/aromatic N) is 2. The van der Waals surface area contributed by atoms with E-state index in [0.717, 1.165) is 6.42 Å². The number of rotatable bonds is 4. The number of nitrogens with one attached hydrogen (secondary N) is 1. The minimum absolute atomic E-state index is 0.0485. The van der Waals surface area contributed by atoms with Crippen LogP contribution in [0.3, 0.4) is 0 Å². The molecule has 0 radical (unpaired) electrons. The van der Waals surface area contributed by atoms with Gasteiger partial charge in [-0.3, -0.25) is 4.79 Å². The molecule has 1 fully saturated rings. The number of hydrogen-bond donors (Lipinski definition) is 1. The monoisotopic (exact) mass is 315 g/mol. The van der Waals surface area contributed by atoms with Gasteiger partial charge in [-0.1, -0.05) is 6.92 Å². The lowest BCUT2D eigenvalue weighted by Crippen LogP contribution is -2.44. The number of hydrogen-bond acceptors (Lipinski definition) is 5. The van der Waals surface area contributed by atoms with Gasteiger partial charge in [-0.15, -0.1) is 0 Å². The van der Waals surface area contributed by atoms with Gasteiger partial charge in [-0.2, -0.15) is 0 Å². The van der Waals surface area contributed by atoms with E-state index in [4.69, 9.17) is 0 Å². The number of anilines is 1. The van der Waals surface area contributed by atoms with Crippen LogP contribution in [0.15, 0.2) is 12.3 Å². The summed E-state index contributed by atoms with van der Waals surface area (Å²) < 4.78 is 37.0. The van der Waals surface area contributed by atoms with Crippen molar-refractivity contribution in [3.05, 3.63) is 23.6 Å². The van der Waals surface area contributed by atoms with E-state index in [-0.39, 0.29) is 36.0 Å². The molecular weight excluding hydrogens is 297 g/mol. The largest absolute Gasteiger partial charge is 0.368 e. The van der Waals surface area contributed by atoms with Crippen LogP contribution in [0.5, 0.6) is 0 Å². The highest BCUT2D eigenvalue weighted by atomic mass is 32.2. The Hall–Kier alpha value is -1.70. The van der Waals surface area contributed by atoms with Crippen molar-refractivity contribution in [3.63, 3.8) is 0 Å². The van der Waals surface area contributed by atoms with Crippen molar-refractivity contribution in [1.82, 2.24) is 9.88 Å². The van der Waals surface area contributed by atoms with Gasteiger partial charge in [0.05, 0.1) is 17.1 Å². The van der Waals surface area contributed by atoms with Crippen molar-refractivity contribution < 1.29 is 17.6 Å². The van der Waals surface area contributed by atoms with Crippen LogP contribution in [0.2, 0.25) is 0 Å². The highest BCUT2D eigenvalue weighted by Gasteiger charge is 2.27. The van der Waals surface area contributed by atoms with Gasteiger partial charge < -0.3 is 10.2 Å². The number of sulfone groups is 1. The minimum Gasteiger partial charge on any atom is -0.368 e. The molecule has 21 heavy (non-hydrogen) atoms. The summed E-state index contributed by atoms with van der Waals surface area (Å²) in [5.74, 6) is -1.29. The van der Waals surface area contributed by atoms with Crippen molar-refractivity contribution in [2.75, 3.05) is 36.5 Å². The van der Waals surface area contributed by atoms with Crippen molar-refractivity contribution in [3.8, 4) is 0 Å². The van der Waals surface area contributed by atoms with E-state index in [1.54, 1.807) is 0 Å². The molecule has 1 saturated heterocycles. The van der Waals surface area contributed by atoms with E-state index in [0.29, 0.717) is 6.54 Å². The van der Waals surface area contributed by atoms with Crippen LogP contribution in [0, 0.1) is 5.82 Å². The molecule has 1 aromatic rings. The number of aromatic nitrogens is 1. The highest BCUT2D eigenvalue weighted by Crippen LogP contribution is 2.18. The van der Waals surface area contributed by atoms with Crippen LogP contribution in [-0.4, -0.2) is 55.3 Å². The first-order chi connectivity index (χ1) is 9.94. The molecule has 0 unspecified atom stereocenters. The standard InChI is InChI=1S/C13H18FN3O3S/c1-2-4-15-12-11(14)10(3-5-16-12)13(18)17-6-8-21(19,20)9-7-17/h3,5H,2,4,6-9H2,1H3,(H,15,16). The quantitative estimate of drug-likeness (QED) is 0.893. The third kappa shape index (κ3) is 3.69. The van der Waals surface area contributed by atoms with Crippen molar-refractivity contribution in [1.29, 1.82) is 0 Å². The van der Waals surface area contributed by atoms with Gasteiger partial charge >= 0.3 is 0 Å². The van der Waals surface area contributed by atoms with Crippen LogP contribution in [0.25, 0.3) is 0 Å². The van der Waals surface area contributed by atoms with Gasteiger partial charge in [-0.05, 0) is 12.5 Å². The second-order valence-corrected chi connectivity index (χ2v) is 7.20. The Bertz CT molecular complexity index is 620. The summed E-state index contributed by atoms with van der Waals surface area (Å²) in [6.07, 6.45) is 2.18. The average Bonchev–Trinajstić information content (AvgIpc) is 2.45. The highest BCUT2D eigenvalue weighted by molar-refractivity contribution is 7.91. The first-order valence-corrected chi connectivity index (χ1v) is 8.65. The Morgan fingerprint density at radius 2 is 2.10 bits per heavy atom. The maximum absolute atomic E-state index is 14.3. The molecule has 1 aliphatic rings. The first-order valence-electron chi connectivity index (χ1n) is 6.82. The van der Waals surface area contributed by atoms with Crippen LogP contribution in [-0.2, 0) is 9.84 Å². The molecule has 0 spiro atoms. The predicted octanol–water partition coefficient (Wildman–Crippen LogP) is 0.913. The summed E-state index contributed by atoms with van der Waals surface area (Å²) >= 11 is 0. The van der Waals surface area contributed by atoms with E-state index in [1.807, 2.05) is 6.92 Å². The third-order valence-electron chi connectivity index (χ3n) is 3.29. The zero-order valence-electron chi connectivity index (χ0n) is 11.8. The SMILES string of the molecule is CCCNc1nccc(C(=O)N2CCS(=O)(=O)CC2)c1F. The summed E-state index contributed by atoms with van der Waals surface area (Å²) in [4.78, 5) is 17.5. The normalized spacial score (nSPS) is 17.5. The Morgan fingerprint density at radius 3 is 2.71 bits per heavy atom. The molecule has 6 nitrogen and oxygen atoms in total. The van der Waals surface area contributed by atoms with Gasteiger partial charge in [0.1, 0.15) is 0 Å². The van der Waals surface area contributed by atoms with E-state index < -0.39 is 21.6 Å². The molecule has 1 aromatic heterocycles. The van der Waals surface area contributed by atoms with E-state index >= 15 is 0 Å². The van der Waals surface area contributed by atoms with E-state index in [2.05, 4.69) is 10.3 Å². The number of pyridine rings is 1. The van der Waals surface area contributed by atoms with Crippen LogP contribution >= 0.6 is 0 Å². The molecule has 0 aliphatic carbocycles. The molecule has 116 valence electrons. The molecule has 0 aromatic carbocycles. The van der Waals surface area contributed by atoms with Crippen molar-refractivity contribution in [2.24, 2.45) is 0 Å². The predicted molar refractivity (Wildman–Crippen MR) is 77.5 cm³/mol. The zero-order chi connectivity index (χ0) is 15.5. The number of halogens is 1. The maximum Gasteiger partial charge on any atom is 0.257 e. The lowest BCUT2D eigenvalue weighted by molar-refractivity contribution is 0.0765. The van der Waals surface area contributed by atoms with Gasteiger partial charge in [0.25, 0.3) is 5.91 Å². The minimum atomic E-state index is -3.07. The fourth-order valence-corrected chi connectivity index (χ4v) is 3.26. The summed E-state index contributed by atoms with van der Waals surface area (Å²) in [5.41, 5.74) is -0.0806. The molecular formula is C13H18FN3O3S. The fraction of sp³-hybridized carbons (Fsp3) is 0.538. The topological polar surface area (TPSA) is 79.4 Å². The molecule has 1 amide bonds. The summed E-state index contributed by atoms with van der Waals surface area (Å²) in [5, 5.41) is 2.82. The number of carbonyl (C=O) groups is 1.